The van der Waals surface area contributed by atoms with Gasteiger partial charge < -0.3 is 34.1 Å². The fourth-order valence-corrected chi connectivity index (χ4v) is 5.90. The largest absolute Gasteiger partial charge is 0.493 e. The summed E-state index contributed by atoms with van der Waals surface area (Å²) in [4.78, 5) is 40.4. The summed E-state index contributed by atoms with van der Waals surface area (Å²) >= 11 is 0. The Hall–Kier alpha value is -4.32. The van der Waals surface area contributed by atoms with Gasteiger partial charge in [-0.2, -0.15) is 4.98 Å². The van der Waals surface area contributed by atoms with Crippen molar-refractivity contribution in [3.05, 3.63) is 41.5 Å². The molecule has 236 valence electrons. The SMILES string of the molecule is CCOC(=O)Nc1ccc(C)cc1C(=O)NC(C)C1CCCCN1c1nc(N2CCOCC2)nc2cc(OC)c(OC)cc12. The maximum atomic E-state index is 13.7. The minimum atomic E-state index is -0.601. The topological polar surface area (TPSA) is 127 Å². The molecule has 2 unspecified atom stereocenters. The Balaban J connectivity index is 1.49. The minimum absolute atomic E-state index is 0.0392. The van der Waals surface area contributed by atoms with Gasteiger partial charge in [-0.1, -0.05) is 11.6 Å². The highest BCUT2D eigenvalue weighted by Gasteiger charge is 2.32. The van der Waals surface area contributed by atoms with Crippen LogP contribution < -0.4 is 29.9 Å². The van der Waals surface area contributed by atoms with Crippen molar-refractivity contribution in [2.75, 3.05) is 68.8 Å². The van der Waals surface area contributed by atoms with E-state index < -0.39 is 6.09 Å². The van der Waals surface area contributed by atoms with Crippen molar-refractivity contribution >= 4 is 40.4 Å². The minimum Gasteiger partial charge on any atom is -0.493 e. The fraction of sp³-hybridized carbons (Fsp3) is 0.500. The lowest BCUT2D eigenvalue weighted by atomic mass is 9.95. The second-order valence-electron chi connectivity index (χ2n) is 11.1. The third-order valence-corrected chi connectivity index (χ3v) is 8.15. The number of nitrogens with one attached hydrogen (secondary N) is 2. The number of hydrogen-bond acceptors (Lipinski definition) is 10. The zero-order valence-electron chi connectivity index (χ0n) is 26.1. The zero-order chi connectivity index (χ0) is 31.2. The molecule has 5 rings (SSSR count). The quantitative estimate of drug-likeness (QED) is 0.358. The number of hydrogen-bond donors (Lipinski definition) is 2. The number of aromatic nitrogens is 2. The molecule has 0 saturated carbocycles. The molecule has 2 amide bonds. The molecule has 12 nitrogen and oxygen atoms in total. The standard InChI is InChI=1S/C32H42N6O6/c1-6-44-32(40)35-24-11-10-20(2)17-23(24)30(39)33-21(3)26-9-7-8-12-38(26)29-22-18-27(41-4)28(42-5)19-25(22)34-31(36-29)37-13-15-43-16-14-37/h10-11,17-19,21,26H,6-9,12-16H2,1-5H3,(H,33,39)(H,35,40). The highest BCUT2D eigenvalue weighted by atomic mass is 16.5. The van der Waals surface area contributed by atoms with Crippen molar-refractivity contribution in [3.63, 3.8) is 0 Å². The van der Waals surface area contributed by atoms with Gasteiger partial charge >= 0.3 is 6.09 Å². The van der Waals surface area contributed by atoms with Crippen molar-refractivity contribution in [1.29, 1.82) is 0 Å². The van der Waals surface area contributed by atoms with Gasteiger partial charge in [-0.25, -0.2) is 9.78 Å². The molecule has 0 aliphatic carbocycles. The number of fused-ring (bicyclic) bond motifs is 1. The lowest BCUT2D eigenvalue weighted by molar-refractivity contribution is 0.0932. The van der Waals surface area contributed by atoms with Crippen LogP contribution in [-0.4, -0.2) is 87.7 Å². The molecule has 0 bridgehead atoms. The van der Waals surface area contributed by atoms with Crippen LogP contribution in [0.3, 0.4) is 0 Å². The number of ether oxygens (including phenoxy) is 4. The van der Waals surface area contributed by atoms with Gasteiger partial charge in [0.25, 0.3) is 5.91 Å². The van der Waals surface area contributed by atoms with E-state index in [1.165, 1.54) is 0 Å². The third kappa shape index (κ3) is 6.75. The van der Waals surface area contributed by atoms with E-state index in [1.54, 1.807) is 33.3 Å². The van der Waals surface area contributed by atoms with E-state index in [2.05, 4.69) is 20.4 Å². The number of rotatable bonds is 9. The van der Waals surface area contributed by atoms with Crippen LogP contribution in [0, 0.1) is 6.92 Å². The summed E-state index contributed by atoms with van der Waals surface area (Å²) in [6.07, 6.45) is 2.29. The van der Waals surface area contributed by atoms with Gasteiger partial charge in [-0.3, -0.25) is 10.1 Å². The molecule has 12 heteroatoms. The lowest BCUT2D eigenvalue weighted by Gasteiger charge is -2.41. The first kappa shape index (κ1) is 31.1. The average molecular weight is 607 g/mol. The zero-order valence-corrected chi connectivity index (χ0v) is 26.1. The predicted molar refractivity (Wildman–Crippen MR) is 169 cm³/mol. The summed E-state index contributed by atoms with van der Waals surface area (Å²) in [5.41, 5.74) is 2.44. The van der Waals surface area contributed by atoms with Crippen LogP contribution in [0.15, 0.2) is 30.3 Å². The van der Waals surface area contributed by atoms with Gasteiger partial charge in [-0.05, 0) is 58.2 Å². The van der Waals surface area contributed by atoms with Crippen LogP contribution in [-0.2, 0) is 9.47 Å². The van der Waals surface area contributed by atoms with Crippen LogP contribution in [0.2, 0.25) is 0 Å². The Morgan fingerprint density at radius 1 is 1.05 bits per heavy atom. The van der Waals surface area contributed by atoms with Crippen LogP contribution >= 0.6 is 0 Å². The van der Waals surface area contributed by atoms with Gasteiger partial charge in [0.1, 0.15) is 5.82 Å². The van der Waals surface area contributed by atoms with Crippen molar-refractivity contribution in [1.82, 2.24) is 15.3 Å². The smallest absolute Gasteiger partial charge is 0.411 e. The van der Waals surface area contributed by atoms with Gasteiger partial charge in [0.15, 0.2) is 11.5 Å². The molecule has 2 aliphatic heterocycles. The number of benzene rings is 2. The number of piperidine rings is 1. The Morgan fingerprint density at radius 2 is 1.80 bits per heavy atom. The number of anilines is 3. The van der Waals surface area contributed by atoms with Crippen molar-refractivity contribution < 1.29 is 28.5 Å². The molecule has 2 fully saturated rings. The molecule has 0 spiro atoms. The number of nitrogens with zero attached hydrogens (tertiary/aromatic N) is 4. The van der Waals surface area contributed by atoms with E-state index in [4.69, 9.17) is 28.9 Å². The highest BCUT2D eigenvalue weighted by molar-refractivity contribution is 6.03. The average Bonchev–Trinajstić information content (AvgIpc) is 3.04. The first-order valence-electron chi connectivity index (χ1n) is 15.2. The summed E-state index contributed by atoms with van der Waals surface area (Å²) in [6.45, 7) is 9.30. The Bertz CT molecular complexity index is 1490. The van der Waals surface area contributed by atoms with E-state index in [9.17, 15) is 9.59 Å². The van der Waals surface area contributed by atoms with Crippen LogP contribution in [0.4, 0.5) is 22.2 Å². The van der Waals surface area contributed by atoms with Crippen LogP contribution in [0.1, 0.15) is 49.0 Å². The molecule has 2 aliphatic rings. The molecule has 2 saturated heterocycles. The lowest BCUT2D eigenvalue weighted by Crippen LogP contribution is -2.53. The second-order valence-corrected chi connectivity index (χ2v) is 11.1. The summed E-state index contributed by atoms with van der Waals surface area (Å²) in [6, 6.07) is 8.89. The summed E-state index contributed by atoms with van der Waals surface area (Å²) in [7, 11) is 3.23. The molecule has 0 radical (unpaired) electrons. The van der Waals surface area contributed by atoms with E-state index in [1.807, 2.05) is 32.0 Å². The molecule has 3 heterocycles. The maximum Gasteiger partial charge on any atom is 0.411 e. The number of aryl methyl sites for hydroxylation is 1. The summed E-state index contributed by atoms with van der Waals surface area (Å²) in [5.74, 6) is 2.35. The second kappa shape index (κ2) is 14.0. The van der Waals surface area contributed by atoms with E-state index in [0.717, 1.165) is 48.1 Å². The van der Waals surface area contributed by atoms with Crippen molar-refractivity contribution in [3.8, 4) is 11.5 Å². The van der Waals surface area contributed by atoms with Crippen molar-refractivity contribution in [2.24, 2.45) is 0 Å². The molecule has 3 aromatic rings. The van der Waals surface area contributed by atoms with Crippen LogP contribution in [0.5, 0.6) is 11.5 Å². The first-order chi connectivity index (χ1) is 21.3. The van der Waals surface area contributed by atoms with E-state index in [-0.39, 0.29) is 24.6 Å². The monoisotopic (exact) mass is 606 g/mol. The van der Waals surface area contributed by atoms with Gasteiger partial charge in [-0.15, -0.1) is 0 Å². The van der Waals surface area contributed by atoms with E-state index >= 15 is 0 Å². The van der Waals surface area contributed by atoms with Gasteiger partial charge in [0.2, 0.25) is 5.95 Å². The molecule has 2 aromatic carbocycles. The Labute approximate surface area is 258 Å². The molecule has 44 heavy (non-hydrogen) atoms. The van der Waals surface area contributed by atoms with E-state index in [0.29, 0.717) is 55.0 Å². The number of carbonyl (C=O) groups excluding carboxylic acids is 2. The molecular formula is C32H42N6O6. The van der Waals surface area contributed by atoms with Gasteiger partial charge in [0, 0.05) is 37.1 Å². The summed E-state index contributed by atoms with van der Waals surface area (Å²) in [5, 5.41) is 6.77. The normalized spacial score (nSPS) is 17.6. The molecular weight excluding hydrogens is 564 g/mol. The molecule has 2 atom stereocenters. The third-order valence-electron chi connectivity index (χ3n) is 8.15. The molecule has 2 N–H and O–H groups in total. The fourth-order valence-electron chi connectivity index (χ4n) is 5.90. The number of morpholine rings is 1. The number of methoxy groups -OCH3 is 2. The predicted octanol–water partition coefficient (Wildman–Crippen LogP) is 4.54. The number of carbonyl (C=O) groups is 2. The summed E-state index contributed by atoms with van der Waals surface area (Å²) < 4.78 is 21.9. The Morgan fingerprint density at radius 3 is 2.52 bits per heavy atom. The van der Waals surface area contributed by atoms with Crippen LogP contribution in [0.25, 0.3) is 10.9 Å². The van der Waals surface area contributed by atoms with Crippen molar-refractivity contribution in [2.45, 2.75) is 52.1 Å². The first-order valence-corrected chi connectivity index (χ1v) is 15.2. The number of amides is 2. The maximum absolute atomic E-state index is 13.7. The Kier molecular flexibility index (Phi) is 9.89. The van der Waals surface area contributed by atoms with Gasteiger partial charge in [0.05, 0.1) is 56.8 Å². The highest BCUT2D eigenvalue weighted by Crippen LogP contribution is 2.38. The molecule has 1 aromatic heterocycles.